The van der Waals surface area contributed by atoms with Crippen LogP contribution in [-0.4, -0.2) is 34.0 Å². The molecule has 0 unspecified atom stereocenters. The van der Waals surface area contributed by atoms with Crippen molar-refractivity contribution in [2.24, 2.45) is 56.7 Å². The Bertz CT molecular complexity index is 896. The summed E-state index contributed by atoms with van der Waals surface area (Å²) in [5.41, 5.74) is 0.670. The average molecular weight is 473 g/mol. The van der Waals surface area contributed by atoms with Crippen molar-refractivity contribution in [1.29, 1.82) is 0 Å². The van der Waals surface area contributed by atoms with E-state index in [0.717, 1.165) is 57.8 Å². The minimum absolute atomic E-state index is 0.0184. The summed E-state index contributed by atoms with van der Waals surface area (Å²) in [6.45, 7) is 14.3. The molecule has 5 aliphatic carbocycles. The fourth-order valence-corrected chi connectivity index (χ4v) is 10.9. The number of carboxylic acid groups (broad SMARTS) is 1. The van der Waals surface area contributed by atoms with Crippen LogP contribution in [0.15, 0.2) is 11.6 Å². The summed E-state index contributed by atoms with van der Waals surface area (Å²) in [4.78, 5) is 12.8. The molecule has 0 aromatic rings. The lowest BCUT2D eigenvalue weighted by Gasteiger charge is -2.71. The third-order valence-corrected chi connectivity index (χ3v) is 13.5. The van der Waals surface area contributed by atoms with Crippen molar-refractivity contribution in [2.75, 3.05) is 6.61 Å². The third-order valence-electron chi connectivity index (χ3n) is 13.5. The van der Waals surface area contributed by atoms with Crippen molar-refractivity contribution < 1.29 is 20.1 Å². The Balaban J connectivity index is 1.61. The van der Waals surface area contributed by atoms with Crippen molar-refractivity contribution in [2.45, 2.75) is 105 Å². The molecule has 4 fully saturated rings. The van der Waals surface area contributed by atoms with E-state index in [2.05, 4.69) is 47.6 Å². The summed E-state index contributed by atoms with van der Waals surface area (Å²) >= 11 is 0. The van der Waals surface area contributed by atoms with Gasteiger partial charge in [0.25, 0.3) is 0 Å². The fraction of sp³-hybridized carbons (Fsp3) is 0.900. The molecule has 4 heteroatoms. The minimum atomic E-state index is -0.591. The second kappa shape index (κ2) is 7.57. The number of allylic oxidation sites excluding steroid dienone is 2. The monoisotopic (exact) mass is 472 g/mol. The highest BCUT2D eigenvalue weighted by molar-refractivity contribution is 5.76. The largest absolute Gasteiger partial charge is 0.481 e. The van der Waals surface area contributed by atoms with Gasteiger partial charge in [0.1, 0.15) is 0 Å². The van der Waals surface area contributed by atoms with Crippen molar-refractivity contribution in [1.82, 2.24) is 0 Å². The number of aliphatic carboxylic acids is 1. The number of carbonyl (C=O) groups is 1. The van der Waals surface area contributed by atoms with Crippen molar-refractivity contribution in [3.05, 3.63) is 11.6 Å². The first-order valence-electron chi connectivity index (χ1n) is 14.0. The Morgan fingerprint density at radius 3 is 2.32 bits per heavy atom. The lowest BCUT2D eigenvalue weighted by Crippen LogP contribution is -2.66. The van der Waals surface area contributed by atoms with E-state index in [1.165, 1.54) is 5.57 Å². The highest BCUT2D eigenvalue weighted by Crippen LogP contribution is 2.75. The number of hydrogen-bond acceptors (Lipinski definition) is 3. The molecule has 192 valence electrons. The van der Waals surface area contributed by atoms with Crippen LogP contribution in [0.25, 0.3) is 0 Å². The highest BCUT2D eigenvalue weighted by atomic mass is 16.4. The molecule has 0 radical (unpaired) electrons. The maximum atomic E-state index is 12.8. The maximum Gasteiger partial charge on any atom is 0.310 e. The van der Waals surface area contributed by atoms with Crippen molar-refractivity contribution in [3.63, 3.8) is 0 Å². The van der Waals surface area contributed by atoms with Gasteiger partial charge in [0.15, 0.2) is 0 Å². The van der Waals surface area contributed by atoms with Crippen LogP contribution in [0.2, 0.25) is 0 Å². The van der Waals surface area contributed by atoms with Crippen LogP contribution in [0.1, 0.15) is 99.3 Å². The SMILES string of the molecule is C[C@H]1[C@H](C)CC[C@]2(C(=O)O)CC[C@]3(C)C(=CC[C@@H]4[C@@]5(C)CC[C@H](O)[C@](C)(CO)[C@H]5CC[C@]43C)[C@H]12. The molecule has 3 N–H and O–H groups in total. The number of aliphatic hydroxyl groups excluding tert-OH is 2. The highest BCUT2D eigenvalue weighted by Gasteiger charge is 2.69. The number of hydrogen-bond donors (Lipinski definition) is 3. The maximum absolute atomic E-state index is 12.8. The van der Waals surface area contributed by atoms with E-state index in [1.54, 1.807) is 0 Å². The van der Waals surface area contributed by atoms with Crippen LogP contribution in [0.3, 0.4) is 0 Å². The molecule has 0 bridgehead atoms. The molecule has 0 amide bonds. The van der Waals surface area contributed by atoms with Gasteiger partial charge < -0.3 is 15.3 Å². The first kappa shape index (κ1) is 24.8. The molecule has 0 saturated heterocycles. The average Bonchev–Trinajstić information content (AvgIpc) is 2.79. The number of aliphatic hydroxyl groups is 2. The van der Waals surface area contributed by atoms with Crippen LogP contribution >= 0.6 is 0 Å². The molecular weight excluding hydrogens is 424 g/mol. The topological polar surface area (TPSA) is 77.8 Å². The van der Waals surface area contributed by atoms with E-state index in [1.807, 2.05) is 0 Å². The summed E-state index contributed by atoms with van der Waals surface area (Å²) in [6.07, 6.45) is 10.6. The zero-order valence-corrected chi connectivity index (χ0v) is 22.4. The quantitative estimate of drug-likeness (QED) is 0.427. The Kier molecular flexibility index (Phi) is 5.52. The molecule has 0 aliphatic heterocycles. The van der Waals surface area contributed by atoms with Gasteiger partial charge >= 0.3 is 5.97 Å². The van der Waals surface area contributed by atoms with Gasteiger partial charge in [-0.05, 0) is 104 Å². The fourth-order valence-electron chi connectivity index (χ4n) is 10.9. The molecule has 0 spiro atoms. The molecule has 0 heterocycles. The van der Waals surface area contributed by atoms with Crippen LogP contribution in [0.5, 0.6) is 0 Å². The Labute approximate surface area is 206 Å². The second-order valence-corrected chi connectivity index (χ2v) is 14.3. The summed E-state index contributed by atoms with van der Waals surface area (Å²) in [5, 5.41) is 31.9. The molecule has 4 saturated carbocycles. The van der Waals surface area contributed by atoms with Gasteiger partial charge in [-0.25, -0.2) is 0 Å². The van der Waals surface area contributed by atoms with Gasteiger partial charge in [0, 0.05) is 5.41 Å². The van der Waals surface area contributed by atoms with Crippen LogP contribution in [0, 0.1) is 56.7 Å². The Morgan fingerprint density at radius 1 is 0.971 bits per heavy atom. The predicted octanol–water partition coefficient (Wildman–Crippen LogP) is 6.06. The first-order chi connectivity index (χ1) is 15.8. The molecule has 11 atom stereocenters. The van der Waals surface area contributed by atoms with E-state index < -0.39 is 22.9 Å². The first-order valence-corrected chi connectivity index (χ1v) is 14.0. The van der Waals surface area contributed by atoms with Crippen LogP contribution in [-0.2, 0) is 4.79 Å². The number of fused-ring (bicyclic) bond motifs is 7. The summed E-state index contributed by atoms with van der Waals surface area (Å²) < 4.78 is 0. The van der Waals surface area contributed by atoms with Gasteiger partial charge in [-0.3, -0.25) is 4.79 Å². The Morgan fingerprint density at radius 2 is 1.68 bits per heavy atom. The second-order valence-electron chi connectivity index (χ2n) is 14.3. The summed E-state index contributed by atoms with van der Waals surface area (Å²) in [6, 6.07) is 0. The molecule has 34 heavy (non-hydrogen) atoms. The van der Waals surface area contributed by atoms with E-state index in [-0.39, 0.29) is 28.8 Å². The summed E-state index contributed by atoms with van der Waals surface area (Å²) in [7, 11) is 0. The smallest absolute Gasteiger partial charge is 0.310 e. The molecular formula is C30H48O4. The zero-order valence-electron chi connectivity index (χ0n) is 22.4. The van der Waals surface area contributed by atoms with Gasteiger partial charge in [0.05, 0.1) is 18.1 Å². The van der Waals surface area contributed by atoms with Gasteiger partial charge in [-0.1, -0.05) is 53.2 Å². The van der Waals surface area contributed by atoms with Crippen molar-refractivity contribution in [3.8, 4) is 0 Å². The predicted molar refractivity (Wildman–Crippen MR) is 134 cm³/mol. The standard InChI is InChI=1S/C30H48O4/c1-18-9-14-30(25(33)34)16-15-28(5)20(24(30)19(18)2)7-8-22-26(3)12-11-23(32)27(4,17-31)21(26)10-13-29(22,28)6/h7,18-19,21-24,31-32H,8-17H2,1-6H3,(H,33,34)/t18-,19+,21+,22-,23+,24+,26+,27-,28-,29-,30+/m1/s1. The normalized spacial score (nSPS) is 56.9. The minimum Gasteiger partial charge on any atom is -0.481 e. The van der Waals surface area contributed by atoms with Gasteiger partial charge in [-0.15, -0.1) is 0 Å². The van der Waals surface area contributed by atoms with Gasteiger partial charge in [0.2, 0.25) is 0 Å². The molecule has 4 nitrogen and oxygen atoms in total. The lowest BCUT2D eigenvalue weighted by atomic mass is 9.33. The third kappa shape index (κ3) is 2.76. The van der Waals surface area contributed by atoms with Crippen LogP contribution in [0.4, 0.5) is 0 Å². The zero-order chi connectivity index (χ0) is 24.9. The van der Waals surface area contributed by atoms with E-state index in [9.17, 15) is 20.1 Å². The van der Waals surface area contributed by atoms with E-state index in [0.29, 0.717) is 23.7 Å². The van der Waals surface area contributed by atoms with Crippen LogP contribution < -0.4 is 0 Å². The summed E-state index contributed by atoms with van der Waals surface area (Å²) in [5.74, 6) is 1.35. The van der Waals surface area contributed by atoms with E-state index >= 15 is 0 Å². The number of carboxylic acids is 1. The van der Waals surface area contributed by atoms with E-state index in [4.69, 9.17) is 0 Å². The van der Waals surface area contributed by atoms with Crippen molar-refractivity contribution >= 4 is 5.97 Å². The molecule has 5 aliphatic rings. The van der Waals surface area contributed by atoms with Gasteiger partial charge in [-0.2, -0.15) is 0 Å². The number of rotatable bonds is 2. The molecule has 0 aromatic heterocycles. The lowest BCUT2D eigenvalue weighted by molar-refractivity contribution is -0.217. The Hall–Kier alpha value is -0.870. The molecule has 0 aromatic carbocycles. The molecule has 5 rings (SSSR count).